The summed E-state index contributed by atoms with van der Waals surface area (Å²) in [5.41, 5.74) is 8.08. The van der Waals surface area contributed by atoms with Gasteiger partial charge in [-0.3, -0.25) is 0 Å². The lowest BCUT2D eigenvalue weighted by Gasteiger charge is -2.35. The summed E-state index contributed by atoms with van der Waals surface area (Å²) in [4.78, 5) is 10.6. The summed E-state index contributed by atoms with van der Waals surface area (Å²) in [6.45, 7) is 14.6. The number of ether oxygens (including phenoxy) is 1. The van der Waals surface area contributed by atoms with Gasteiger partial charge in [-0.2, -0.15) is 0 Å². The molecule has 2 rings (SSSR count). The Balaban J connectivity index is 2.29. The van der Waals surface area contributed by atoms with E-state index in [4.69, 9.17) is 9.84 Å². The molecule has 0 bridgehead atoms. The van der Waals surface area contributed by atoms with Crippen LogP contribution in [0.5, 0.6) is 5.75 Å². The molecule has 0 amide bonds. The minimum atomic E-state index is -0.927. The molecular weight excluding hydrogens is 348 g/mol. The van der Waals surface area contributed by atoms with Crippen LogP contribution in [0.3, 0.4) is 0 Å². The quantitative estimate of drug-likeness (QED) is 0.484. The number of rotatable bonds is 5. The van der Waals surface area contributed by atoms with Crippen LogP contribution in [0.25, 0.3) is 6.08 Å². The van der Waals surface area contributed by atoms with E-state index >= 15 is 0 Å². The van der Waals surface area contributed by atoms with Crippen molar-refractivity contribution in [3.8, 4) is 5.75 Å². The number of benzene rings is 1. The lowest BCUT2D eigenvalue weighted by Crippen LogP contribution is -2.33. The zero-order valence-electron chi connectivity index (χ0n) is 18.1. The number of fused-ring (bicyclic) bond motifs is 1. The maximum atomic E-state index is 10.6. The SMILES string of the molecule is CC(C=Cc1c(C)c(C)c2c(c1C)CCC(C)(C)O2)=CC=CC(C)=CC(=O)O. The topological polar surface area (TPSA) is 46.5 Å². The Kier molecular flexibility index (Phi) is 6.71. The summed E-state index contributed by atoms with van der Waals surface area (Å²) in [6, 6.07) is 0. The molecular formula is C25H32O3. The van der Waals surface area contributed by atoms with Gasteiger partial charge in [-0.1, -0.05) is 36.0 Å². The van der Waals surface area contributed by atoms with Gasteiger partial charge in [-0.15, -0.1) is 0 Å². The van der Waals surface area contributed by atoms with Crippen molar-refractivity contribution < 1.29 is 14.6 Å². The molecule has 0 atom stereocenters. The predicted octanol–water partition coefficient (Wildman–Crippen LogP) is 6.26. The third-order valence-corrected chi connectivity index (χ3v) is 5.38. The average molecular weight is 381 g/mol. The second kappa shape index (κ2) is 8.64. The normalized spacial score (nSPS) is 17.1. The van der Waals surface area contributed by atoms with Crippen LogP contribution in [-0.4, -0.2) is 16.7 Å². The van der Waals surface area contributed by atoms with Crippen molar-refractivity contribution in [3.05, 3.63) is 69.3 Å². The molecule has 0 spiro atoms. The van der Waals surface area contributed by atoms with E-state index in [-0.39, 0.29) is 5.60 Å². The van der Waals surface area contributed by atoms with Crippen LogP contribution >= 0.6 is 0 Å². The number of carbonyl (C=O) groups is 1. The molecule has 1 aromatic carbocycles. The molecule has 1 N–H and O–H groups in total. The van der Waals surface area contributed by atoms with Gasteiger partial charge in [0.15, 0.2) is 0 Å². The molecule has 1 aliphatic rings. The van der Waals surface area contributed by atoms with Gasteiger partial charge in [0, 0.05) is 6.08 Å². The third-order valence-electron chi connectivity index (χ3n) is 5.38. The van der Waals surface area contributed by atoms with Gasteiger partial charge >= 0.3 is 5.97 Å². The van der Waals surface area contributed by atoms with E-state index in [0.717, 1.165) is 24.2 Å². The van der Waals surface area contributed by atoms with Crippen molar-refractivity contribution in [1.82, 2.24) is 0 Å². The lowest BCUT2D eigenvalue weighted by molar-refractivity contribution is -0.131. The van der Waals surface area contributed by atoms with Gasteiger partial charge in [-0.25, -0.2) is 4.79 Å². The van der Waals surface area contributed by atoms with Crippen molar-refractivity contribution in [2.24, 2.45) is 0 Å². The van der Waals surface area contributed by atoms with E-state index < -0.39 is 5.97 Å². The van der Waals surface area contributed by atoms with Crippen molar-refractivity contribution in [1.29, 1.82) is 0 Å². The maximum Gasteiger partial charge on any atom is 0.328 e. The van der Waals surface area contributed by atoms with Crippen LogP contribution < -0.4 is 4.74 Å². The highest BCUT2D eigenvalue weighted by atomic mass is 16.5. The van der Waals surface area contributed by atoms with Gasteiger partial charge in [0.05, 0.1) is 0 Å². The fourth-order valence-corrected chi connectivity index (χ4v) is 3.52. The first kappa shape index (κ1) is 21.7. The maximum absolute atomic E-state index is 10.6. The molecule has 0 aromatic heterocycles. The van der Waals surface area contributed by atoms with E-state index in [1.165, 1.54) is 33.9 Å². The van der Waals surface area contributed by atoms with E-state index in [1.807, 2.05) is 19.1 Å². The number of carboxylic acids is 1. The van der Waals surface area contributed by atoms with E-state index in [0.29, 0.717) is 5.57 Å². The second-order valence-corrected chi connectivity index (χ2v) is 8.29. The Labute approximate surface area is 169 Å². The molecule has 0 fully saturated rings. The van der Waals surface area contributed by atoms with Gasteiger partial charge < -0.3 is 9.84 Å². The van der Waals surface area contributed by atoms with Crippen molar-refractivity contribution in [2.45, 2.75) is 66.9 Å². The number of hydrogen-bond acceptors (Lipinski definition) is 2. The monoisotopic (exact) mass is 380 g/mol. The highest BCUT2D eigenvalue weighted by Crippen LogP contribution is 2.41. The van der Waals surface area contributed by atoms with E-state index in [1.54, 1.807) is 13.0 Å². The predicted molar refractivity (Wildman–Crippen MR) is 117 cm³/mol. The number of hydrogen-bond donors (Lipinski definition) is 1. The highest BCUT2D eigenvalue weighted by molar-refractivity contribution is 5.81. The smallest absolute Gasteiger partial charge is 0.328 e. The van der Waals surface area contributed by atoms with E-state index in [2.05, 4.69) is 46.8 Å². The fraction of sp³-hybridized carbons (Fsp3) is 0.400. The summed E-state index contributed by atoms with van der Waals surface area (Å²) in [5, 5.41) is 8.74. The minimum Gasteiger partial charge on any atom is -0.487 e. The summed E-state index contributed by atoms with van der Waals surface area (Å²) in [5.74, 6) is 0.142. The van der Waals surface area contributed by atoms with Crippen LogP contribution in [-0.2, 0) is 11.2 Å². The molecule has 0 unspecified atom stereocenters. The summed E-state index contributed by atoms with van der Waals surface area (Å²) >= 11 is 0. The molecule has 0 saturated carbocycles. The first-order chi connectivity index (χ1) is 13.0. The van der Waals surface area contributed by atoms with E-state index in [9.17, 15) is 4.79 Å². The Bertz CT molecular complexity index is 893. The molecule has 150 valence electrons. The van der Waals surface area contributed by atoms with Gasteiger partial charge in [0.1, 0.15) is 11.4 Å². The Morgan fingerprint density at radius 3 is 2.36 bits per heavy atom. The Morgan fingerprint density at radius 2 is 1.71 bits per heavy atom. The van der Waals surface area contributed by atoms with Crippen molar-refractivity contribution in [2.75, 3.05) is 0 Å². The zero-order chi connectivity index (χ0) is 21.1. The molecule has 3 heteroatoms. The minimum absolute atomic E-state index is 0.104. The highest BCUT2D eigenvalue weighted by Gasteiger charge is 2.30. The zero-order valence-corrected chi connectivity index (χ0v) is 18.1. The number of carboxylic acid groups (broad SMARTS) is 1. The molecule has 0 radical (unpaired) electrons. The molecule has 0 saturated heterocycles. The lowest BCUT2D eigenvalue weighted by atomic mass is 9.85. The van der Waals surface area contributed by atoms with Crippen LogP contribution in [0.15, 0.2) is 41.5 Å². The Morgan fingerprint density at radius 1 is 1.04 bits per heavy atom. The van der Waals surface area contributed by atoms with Crippen LogP contribution in [0.2, 0.25) is 0 Å². The molecule has 1 aliphatic heterocycles. The second-order valence-electron chi connectivity index (χ2n) is 8.29. The number of allylic oxidation sites excluding steroid dienone is 6. The summed E-state index contributed by atoms with van der Waals surface area (Å²) in [6.07, 6.45) is 13.2. The summed E-state index contributed by atoms with van der Waals surface area (Å²) in [7, 11) is 0. The standard InChI is InChI=1S/C25H32O3/c1-16(9-8-10-17(2)15-23(26)27)11-12-21-18(3)19(4)24-22(20(21)5)13-14-25(6,7)28-24/h8-12,15H,13-14H2,1-7H3,(H,26,27). The van der Waals surface area contributed by atoms with Crippen LogP contribution in [0.4, 0.5) is 0 Å². The molecule has 3 nitrogen and oxygen atoms in total. The molecule has 28 heavy (non-hydrogen) atoms. The Hall–Kier alpha value is -2.55. The van der Waals surface area contributed by atoms with Gasteiger partial charge in [0.2, 0.25) is 0 Å². The molecule has 1 heterocycles. The van der Waals surface area contributed by atoms with Crippen molar-refractivity contribution >= 4 is 12.0 Å². The molecule has 0 aliphatic carbocycles. The van der Waals surface area contributed by atoms with Crippen LogP contribution in [0.1, 0.15) is 61.9 Å². The fourth-order valence-electron chi connectivity index (χ4n) is 3.52. The van der Waals surface area contributed by atoms with Gasteiger partial charge in [0.25, 0.3) is 0 Å². The van der Waals surface area contributed by atoms with Crippen molar-refractivity contribution in [3.63, 3.8) is 0 Å². The average Bonchev–Trinajstić information content (AvgIpc) is 2.58. The van der Waals surface area contributed by atoms with Crippen LogP contribution in [0, 0.1) is 20.8 Å². The summed E-state index contributed by atoms with van der Waals surface area (Å²) < 4.78 is 6.30. The first-order valence-electron chi connectivity index (χ1n) is 9.78. The van der Waals surface area contributed by atoms with Gasteiger partial charge in [-0.05, 0) is 94.7 Å². The first-order valence-corrected chi connectivity index (χ1v) is 9.78. The molecule has 1 aromatic rings. The number of aliphatic carboxylic acids is 1. The third kappa shape index (κ3) is 5.25. The largest absolute Gasteiger partial charge is 0.487 e.